The van der Waals surface area contributed by atoms with Crippen molar-refractivity contribution < 1.29 is 0 Å². The maximum absolute atomic E-state index is 4.59. The second-order valence-corrected chi connectivity index (χ2v) is 5.18. The first-order chi connectivity index (χ1) is 9.36. The molecule has 2 aromatic heterocycles. The number of hydrogen-bond donors (Lipinski definition) is 1. The molecule has 19 heavy (non-hydrogen) atoms. The number of nitrogens with one attached hydrogen (secondary N) is 1. The van der Waals surface area contributed by atoms with E-state index >= 15 is 0 Å². The van der Waals surface area contributed by atoms with Crippen LogP contribution in [0.3, 0.4) is 0 Å². The zero-order chi connectivity index (χ0) is 13.1. The van der Waals surface area contributed by atoms with Crippen LogP contribution in [0.1, 0.15) is 25.5 Å². The van der Waals surface area contributed by atoms with Gasteiger partial charge in [0, 0.05) is 50.8 Å². The molecule has 0 aliphatic carbocycles. The van der Waals surface area contributed by atoms with Gasteiger partial charge in [0.2, 0.25) is 5.78 Å². The smallest absolute Gasteiger partial charge is 0.233 e. The van der Waals surface area contributed by atoms with E-state index in [9.17, 15) is 0 Å². The Morgan fingerprint density at radius 2 is 2.42 bits per heavy atom. The molecule has 1 unspecified atom stereocenters. The molecule has 0 spiro atoms. The number of piperazine rings is 1. The molecule has 1 aliphatic heterocycles. The molecule has 102 valence electrons. The molecule has 1 fully saturated rings. The minimum atomic E-state index is 0.636. The Balaban J connectivity index is 1.75. The third-order valence-electron chi connectivity index (χ3n) is 3.74. The fraction of sp³-hybridized carbons (Fsp3) is 0.571. The van der Waals surface area contributed by atoms with Gasteiger partial charge in [-0.2, -0.15) is 0 Å². The molecule has 0 amide bonds. The van der Waals surface area contributed by atoms with Crippen molar-refractivity contribution in [2.75, 3.05) is 19.6 Å². The molecule has 1 atom stereocenters. The normalized spacial score (nSPS) is 21.0. The third kappa shape index (κ3) is 2.77. The van der Waals surface area contributed by atoms with Gasteiger partial charge in [-0.1, -0.05) is 13.3 Å². The molecule has 1 N–H and O–H groups in total. The minimum Gasteiger partial charge on any atom is -0.314 e. The van der Waals surface area contributed by atoms with Gasteiger partial charge in [-0.15, -0.1) is 0 Å². The van der Waals surface area contributed by atoms with Crippen LogP contribution in [0.5, 0.6) is 0 Å². The molecule has 3 rings (SSSR count). The van der Waals surface area contributed by atoms with Crippen LogP contribution in [0.25, 0.3) is 5.78 Å². The predicted molar refractivity (Wildman–Crippen MR) is 75.0 cm³/mol. The average Bonchev–Trinajstić information content (AvgIpc) is 2.83. The van der Waals surface area contributed by atoms with Crippen molar-refractivity contribution in [1.29, 1.82) is 0 Å². The van der Waals surface area contributed by atoms with Gasteiger partial charge in [0.05, 0.1) is 5.69 Å². The van der Waals surface area contributed by atoms with E-state index in [2.05, 4.69) is 33.3 Å². The fourth-order valence-electron chi connectivity index (χ4n) is 2.79. The monoisotopic (exact) mass is 259 g/mol. The van der Waals surface area contributed by atoms with Crippen molar-refractivity contribution in [3.63, 3.8) is 0 Å². The number of aromatic nitrogens is 3. The lowest BCUT2D eigenvalue weighted by Crippen LogP contribution is -2.50. The maximum atomic E-state index is 4.59. The summed E-state index contributed by atoms with van der Waals surface area (Å²) < 4.78 is 1.99. The Hall–Kier alpha value is -1.46. The summed E-state index contributed by atoms with van der Waals surface area (Å²) >= 11 is 0. The number of nitrogens with zero attached hydrogens (tertiary/aromatic N) is 4. The van der Waals surface area contributed by atoms with Crippen LogP contribution in [0.4, 0.5) is 0 Å². The predicted octanol–water partition coefficient (Wildman–Crippen LogP) is 1.30. The number of rotatable bonds is 4. The molecule has 2 aromatic rings. The molecule has 0 aromatic carbocycles. The SMILES string of the molecule is CCCC1CNCCN1Cc1cn2cccnc2n1. The quantitative estimate of drug-likeness (QED) is 0.899. The highest BCUT2D eigenvalue weighted by Gasteiger charge is 2.22. The van der Waals surface area contributed by atoms with Crippen molar-refractivity contribution in [1.82, 2.24) is 24.6 Å². The van der Waals surface area contributed by atoms with Gasteiger partial charge in [0.15, 0.2) is 0 Å². The summed E-state index contributed by atoms with van der Waals surface area (Å²) in [4.78, 5) is 11.4. The van der Waals surface area contributed by atoms with Gasteiger partial charge in [-0.05, 0) is 12.5 Å². The van der Waals surface area contributed by atoms with Gasteiger partial charge in [-0.25, -0.2) is 9.97 Å². The summed E-state index contributed by atoms with van der Waals surface area (Å²) in [5.41, 5.74) is 1.11. The highest BCUT2D eigenvalue weighted by Crippen LogP contribution is 2.13. The van der Waals surface area contributed by atoms with E-state index in [0.29, 0.717) is 6.04 Å². The number of fused-ring (bicyclic) bond motifs is 1. The summed E-state index contributed by atoms with van der Waals surface area (Å²) in [7, 11) is 0. The molecule has 3 heterocycles. The van der Waals surface area contributed by atoms with Crippen LogP contribution in [0.2, 0.25) is 0 Å². The van der Waals surface area contributed by atoms with E-state index in [1.165, 1.54) is 12.8 Å². The topological polar surface area (TPSA) is 45.5 Å². The number of imidazole rings is 1. The van der Waals surface area contributed by atoms with Crippen LogP contribution in [0.15, 0.2) is 24.7 Å². The summed E-state index contributed by atoms with van der Waals surface area (Å²) in [6, 6.07) is 2.57. The van der Waals surface area contributed by atoms with E-state index in [-0.39, 0.29) is 0 Å². The molecule has 5 nitrogen and oxygen atoms in total. The van der Waals surface area contributed by atoms with Crippen LogP contribution in [-0.2, 0) is 6.54 Å². The van der Waals surface area contributed by atoms with Crippen molar-refractivity contribution in [3.8, 4) is 0 Å². The van der Waals surface area contributed by atoms with Crippen molar-refractivity contribution in [3.05, 3.63) is 30.4 Å². The summed E-state index contributed by atoms with van der Waals surface area (Å²) in [6.45, 7) is 6.45. The van der Waals surface area contributed by atoms with Crippen LogP contribution >= 0.6 is 0 Å². The van der Waals surface area contributed by atoms with E-state index in [4.69, 9.17) is 0 Å². The highest BCUT2D eigenvalue weighted by molar-refractivity contribution is 5.29. The lowest BCUT2D eigenvalue weighted by Gasteiger charge is -2.35. The van der Waals surface area contributed by atoms with Crippen LogP contribution in [0, 0.1) is 0 Å². The zero-order valence-corrected chi connectivity index (χ0v) is 11.4. The van der Waals surface area contributed by atoms with Crippen molar-refractivity contribution in [2.45, 2.75) is 32.4 Å². The van der Waals surface area contributed by atoms with Crippen LogP contribution in [-0.4, -0.2) is 44.9 Å². The third-order valence-corrected chi connectivity index (χ3v) is 3.74. The highest BCUT2D eigenvalue weighted by atomic mass is 15.2. The second kappa shape index (κ2) is 5.67. The molecule has 0 saturated carbocycles. The van der Waals surface area contributed by atoms with Crippen LogP contribution < -0.4 is 5.32 Å². The Bertz CT molecular complexity index is 500. The summed E-state index contributed by atoms with van der Waals surface area (Å²) in [6.07, 6.45) is 8.36. The Labute approximate surface area is 113 Å². The molecule has 1 saturated heterocycles. The van der Waals surface area contributed by atoms with E-state index in [1.54, 1.807) is 6.20 Å². The summed E-state index contributed by atoms with van der Waals surface area (Å²) in [5, 5.41) is 3.48. The molecule has 1 aliphatic rings. The molecule has 5 heteroatoms. The lowest BCUT2D eigenvalue weighted by atomic mass is 10.1. The van der Waals surface area contributed by atoms with Gasteiger partial charge < -0.3 is 5.32 Å². The largest absolute Gasteiger partial charge is 0.314 e. The van der Waals surface area contributed by atoms with E-state index in [1.807, 2.05) is 16.7 Å². The van der Waals surface area contributed by atoms with Gasteiger partial charge in [0.1, 0.15) is 0 Å². The second-order valence-electron chi connectivity index (χ2n) is 5.18. The van der Waals surface area contributed by atoms with Gasteiger partial charge in [-0.3, -0.25) is 9.30 Å². The Morgan fingerprint density at radius 3 is 3.26 bits per heavy atom. The fourth-order valence-corrected chi connectivity index (χ4v) is 2.79. The van der Waals surface area contributed by atoms with Crippen molar-refractivity contribution >= 4 is 5.78 Å². The number of hydrogen-bond acceptors (Lipinski definition) is 4. The van der Waals surface area contributed by atoms with Crippen molar-refractivity contribution in [2.24, 2.45) is 0 Å². The first-order valence-electron chi connectivity index (χ1n) is 7.10. The van der Waals surface area contributed by atoms with E-state index < -0.39 is 0 Å². The maximum Gasteiger partial charge on any atom is 0.233 e. The first-order valence-corrected chi connectivity index (χ1v) is 7.10. The lowest BCUT2D eigenvalue weighted by molar-refractivity contribution is 0.143. The van der Waals surface area contributed by atoms with Gasteiger partial charge in [0.25, 0.3) is 0 Å². The minimum absolute atomic E-state index is 0.636. The molecular formula is C14H21N5. The zero-order valence-electron chi connectivity index (χ0n) is 11.4. The van der Waals surface area contributed by atoms with E-state index in [0.717, 1.165) is 37.7 Å². The standard InChI is InChI=1S/C14H21N5/c1-2-4-13-9-15-6-8-18(13)10-12-11-19-7-3-5-16-14(19)17-12/h3,5,7,11,13,15H,2,4,6,8-10H2,1H3. The Morgan fingerprint density at radius 1 is 1.47 bits per heavy atom. The summed E-state index contributed by atoms with van der Waals surface area (Å²) in [5.74, 6) is 0.791. The first kappa shape index (κ1) is 12.6. The van der Waals surface area contributed by atoms with Gasteiger partial charge >= 0.3 is 0 Å². The molecule has 0 radical (unpaired) electrons. The molecular weight excluding hydrogens is 238 g/mol. The molecule has 0 bridgehead atoms. The average molecular weight is 259 g/mol. The Kier molecular flexibility index (Phi) is 3.75.